The van der Waals surface area contributed by atoms with Crippen LogP contribution < -0.4 is 0 Å². The van der Waals surface area contributed by atoms with E-state index in [1.807, 2.05) is 12.1 Å². The normalized spacial score (nSPS) is 17.8. The van der Waals surface area contributed by atoms with Gasteiger partial charge < -0.3 is 4.90 Å². The fourth-order valence-electron chi connectivity index (χ4n) is 2.65. The number of hydrogen-bond acceptors (Lipinski definition) is 2. The molecule has 23 heavy (non-hydrogen) atoms. The Hall–Kier alpha value is -1.88. The third-order valence-electron chi connectivity index (χ3n) is 4.00. The second kappa shape index (κ2) is 6.71. The summed E-state index contributed by atoms with van der Waals surface area (Å²) < 4.78 is 26.9. The third kappa shape index (κ3) is 3.39. The average Bonchev–Trinajstić information content (AvgIpc) is 2.91. The minimum absolute atomic E-state index is 0.0247. The summed E-state index contributed by atoms with van der Waals surface area (Å²) in [5.41, 5.74) is 2.59. The van der Waals surface area contributed by atoms with Crippen molar-refractivity contribution in [3.05, 3.63) is 70.8 Å². The Morgan fingerprint density at radius 3 is 2.57 bits per heavy atom. The molecule has 0 saturated carbocycles. The molecule has 0 bridgehead atoms. The van der Waals surface area contributed by atoms with Crippen LogP contribution in [0.15, 0.2) is 42.5 Å². The van der Waals surface area contributed by atoms with Crippen molar-refractivity contribution >= 4 is 17.7 Å². The first kappa shape index (κ1) is 16.0. The number of carbonyl (C=O) groups excluding carboxylic acids is 1. The number of thioether (sulfide) groups is 1. The molecule has 0 N–H and O–H groups in total. The summed E-state index contributed by atoms with van der Waals surface area (Å²) in [6.07, 6.45) is 0.960. The van der Waals surface area contributed by atoms with E-state index in [0.717, 1.165) is 18.1 Å². The number of carbonyl (C=O) groups is 1. The number of rotatable bonds is 4. The van der Waals surface area contributed by atoms with Crippen molar-refractivity contribution in [2.24, 2.45) is 0 Å². The molecule has 1 saturated heterocycles. The molecular weight excluding hydrogens is 316 g/mol. The fraction of sp³-hybridized carbons (Fsp3) is 0.278. The van der Waals surface area contributed by atoms with E-state index in [2.05, 4.69) is 19.1 Å². The summed E-state index contributed by atoms with van der Waals surface area (Å²) in [6, 6.07) is 11.6. The van der Waals surface area contributed by atoms with Crippen LogP contribution in [0.5, 0.6) is 0 Å². The highest BCUT2D eigenvalue weighted by Crippen LogP contribution is 2.39. The van der Waals surface area contributed by atoms with Gasteiger partial charge in [0.05, 0.1) is 5.75 Å². The summed E-state index contributed by atoms with van der Waals surface area (Å²) in [5, 5.41) is -0.127. The van der Waals surface area contributed by atoms with Gasteiger partial charge in [0, 0.05) is 18.2 Å². The van der Waals surface area contributed by atoms with Crippen LogP contribution >= 0.6 is 11.8 Å². The van der Waals surface area contributed by atoms with Crippen molar-refractivity contribution in [3.8, 4) is 0 Å². The molecule has 2 aromatic carbocycles. The monoisotopic (exact) mass is 333 g/mol. The predicted molar refractivity (Wildman–Crippen MR) is 87.9 cm³/mol. The molecule has 0 spiro atoms. The van der Waals surface area contributed by atoms with Crippen molar-refractivity contribution < 1.29 is 13.6 Å². The lowest BCUT2D eigenvalue weighted by Crippen LogP contribution is -2.28. The Morgan fingerprint density at radius 2 is 1.91 bits per heavy atom. The van der Waals surface area contributed by atoms with E-state index in [0.29, 0.717) is 11.3 Å². The first-order valence-electron chi connectivity index (χ1n) is 7.52. The molecule has 1 aliphatic rings. The van der Waals surface area contributed by atoms with Crippen LogP contribution in [0.2, 0.25) is 0 Å². The first-order valence-corrected chi connectivity index (χ1v) is 8.57. The number of aryl methyl sites for hydroxylation is 1. The molecule has 0 radical (unpaired) electrons. The molecule has 3 rings (SSSR count). The Morgan fingerprint density at radius 1 is 1.17 bits per heavy atom. The van der Waals surface area contributed by atoms with Gasteiger partial charge in [-0.25, -0.2) is 8.78 Å². The van der Waals surface area contributed by atoms with E-state index in [-0.39, 0.29) is 17.8 Å². The fourth-order valence-corrected chi connectivity index (χ4v) is 3.84. The summed E-state index contributed by atoms with van der Waals surface area (Å²) in [6.45, 7) is 2.24. The zero-order valence-corrected chi connectivity index (χ0v) is 13.6. The molecule has 1 heterocycles. The van der Waals surface area contributed by atoms with E-state index < -0.39 is 11.6 Å². The van der Waals surface area contributed by atoms with E-state index in [9.17, 15) is 13.6 Å². The lowest BCUT2D eigenvalue weighted by atomic mass is 10.1. The average molecular weight is 333 g/mol. The SMILES string of the molecule is CCc1ccc(C2SCC(=O)N2Cc2ccc(F)cc2F)cc1. The van der Waals surface area contributed by atoms with Gasteiger partial charge in [-0.2, -0.15) is 0 Å². The lowest BCUT2D eigenvalue weighted by Gasteiger charge is -2.24. The molecule has 0 aromatic heterocycles. The zero-order valence-electron chi connectivity index (χ0n) is 12.8. The van der Waals surface area contributed by atoms with Gasteiger partial charge in [-0.1, -0.05) is 37.3 Å². The van der Waals surface area contributed by atoms with Gasteiger partial charge in [-0.05, 0) is 23.6 Å². The summed E-state index contributed by atoms with van der Waals surface area (Å²) in [5.74, 6) is -0.874. The van der Waals surface area contributed by atoms with E-state index in [1.54, 1.807) is 4.90 Å². The molecule has 1 fully saturated rings. The first-order chi connectivity index (χ1) is 11.1. The molecule has 0 aliphatic carbocycles. The van der Waals surface area contributed by atoms with Crippen molar-refractivity contribution in [3.63, 3.8) is 0 Å². The van der Waals surface area contributed by atoms with Gasteiger partial charge in [0.2, 0.25) is 5.91 Å². The van der Waals surface area contributed by atoms with Crippen LogP contribution in [0, 0.1) is 11.6 Å². The number of amides is 1. The number of halogens is 2. The molecule has 1 aliphatic heterocycles. The topological polar surface area (TPSA) is 20.3 Å². The van der Waals surface area contributed by atoms with Crippen molar-refractivity contribution in [1.82, 2.24) is 4.90 Å². The van der Waals surface area contributed by atoms with Crippen LogP contribution in [-0.2, 0) is 17.8 Å². The smallest absolute Gasteiger partial charge is 0.234 e. The van der Waals surface area contributed by atoms with E-state index in [1.165, 1.54) is 29.5 Å². The van der Waals surface area contributed by atoms with E-state index >= 15 is 0 Å². The Kier molecular flexibility index (Phi) is 4.66. The minimum Gasteiger partial charge on any atom is -0.321 e. The molecule has 1 amide bonds. The second-order valence-corrected chi connectivity index (χ2v) is 6.58. The van der Waals surface area contributed by atoms with Crippen LogP contribution in [-0.4, -0.2) is 16.6 Å². The maximum Gasteiger partial charge on any atom is 0.234 e. The number of hydrogen-bond donors (Lipinski definition) is 0. The van der Waals surface area contributed by atoms with Crippen molar-refractivity contribution in [2.45, 2.75) is 25.3 Å². The van der Waals surface area contributed by atoms with Gasteiger partial charge in [0.1, 0.15) is 17.0 Å². The minimum atomic E-state index is -0.616. The molecule has 2 aromatic rings. The van der Waals surface area contributed by atoms with Crippen LogP contribution in [0.25, 0.3) is 0 Å². The van der Waals surface area contributed by atoms with Gasteiger partial charge in [0.15, 0.2) is 0 Å². The predicted octanol–water partition coefficient (Wildman–Crippen LogP) is 4.30. The maximum absolute atomic E-state index is 13.9. The van der Waals surface area contributed by atoms with Gasteiger partial charge in [-0.15, -0.1) is 11.8 Å². The highest BCUT2D eigenvalue weighted by atomic mass is 32.2. The van der Waals surface area contributed by atoms with Gasteiger partial charge in [0.25, 0.3) is 0 Å². The van der Waals surface area contributed by atoms with E-state index in [4.69, 9.17) is 0 Å². The molecular formula is C18H17F2NOS. The third-order valence-corrected chi connectivity index (χ3v) is 5.25. The summed E-state index contributed by atoms with van der Waals surface area (Å²) in [4.78, 5) is 13.8. The van der Waals surface area contributed by atoms with Gasteiger partial charge >= 0.3 is 0 Å². The summed E-state index contributed by atoms with van der Waals surface area (Å²) in [7, 11) is 0. The lowest BCUT2D eigenvalue weighted by molar-refractivity contribution is -0.128. The molecule has 1 unspecified atom stereocenters. The number of benzene rings is 2. The standard InChI is InChI=1S/C18H17F2NOS/c1-2-12-3-5-13(6-4-12)18-21(17(22)11-23-18)10-14-7-8-15(19)9-16(14)20/h3-9,18H,2,10-11H2,1H3. The molecule has 120 valence electrons. The number of nitrogens with zero attached hydrogens (tertiary/aromatic N) is 1. The Labute approximate surface area is 138 Å². The quantitative estimate of drug-likeness (QED) is 0.831. The highest BCUT2D eigenvalue weighted by Gasteiger charge is 2.33. The highest BCUT2D eigenvalue weighted by molar-refractivity contribution is 8.00. The largest absolute Gasteiger partial charge is 0.321 e. The van der Waals surface area contributed by atoms with Crippen molar-refractivity contribution in [1.29, 1.82) is 0 Å². The van der Waals surface area contributed by atoms with Crippen LogP contribution in [0.3, 0.4) is 0 Å². The molecule has 5 heteroatoms. The van der Waals surface area contributed by atoms with Gasteiger partial charge in [-0.3, -0.25) is 4.79 Å². The molecule has 1 atom stereocenters. The Bertz CT molecular complexity index is 717. The Balaban J connectivity index is 1.84. The maximum atomic E-state index is 13.9. The van der Waals surface area contributed by atoms with Crippen molar-refractivity contribution in [2.75, 3.05) is 5.75 Å². The zero-order chi connectivity index (χ0) is 16.4. The second-order valence-electron chi connectivity index (χ2n) is 5.52. The van der Waals surface area contributed by atoms with Crippen LogP contribution in [0.1, 0.15) is 29.0 Å². The van der Waals surface area contributed by atoms with Crippen LogP contribution in [0.4, 0.5) is 8.78 Å². The summed E-state index contributed by atoms with van der Waals surface area (Å²) >= 11 is 1.53. The molecule has 2 nitrogen and oxygen atoms in total.